The summed E-state index contributed by atoms with van der Waals surface area (Å²) in [5, 5.41) is 14.8. The lowest BCUT2D eigenvalue weighted by Gasteiger charge is -2.21. The van der Waals surface area contributed by atoms with Crippen LogP contribution in [0.4, 0.5) is 5.69 Å². The monoisotopic (exact) mass is 474 g/mol. The fourth-order valence-electron chi connectivity index (χ4n) is 3.41. The molecular weight excluding hydrogens is 448 g/mol. The Kier molecular flexibility index (Phi) is 7.41. The van der Waals surface area contributed by atoms with Gasteiger partial charge in [-0.1, -0.05) is 17.3 Å². The van der Waals surface area contributed by atoms with Crippen LogP contribution in [0.25, 0.3) is 0 Å². The zero-order valence-corrected chi connectivity index (χ0v) is 19.6. The molecule has 0 saturated heterocycles. The summed E-state index contributed by atoms with van der Waals surface area (Å²) in [5.41, 5.74) is 2.62. The van der Waals surface area contributed by atoms with Crippen LogP contribution in [0.5, 0.6) is 17.2 Å². The van der Waals surface area contributed by atoms with Gasteiger partial charge < -0.3 is 24.8 Å². The predicted octanol–water partition coefficient (Wildman–Crippen LogP) is 3.29. The van der Waals surface area contributed by atoms with Crippen LogP contribution in [-0.4, -0.2) is 47.2 Å². The van der Waals surface area contributed by atoms with Crippen LogP contribution in [0.2, 0.25) is 0 Å². The molecule has 0 spiro atoms. The number of benzene rings is 2. The number of carbonyl (C=O) groups excluding carboxylic acids is 1. The average Bonchev–Trinajstić information content (AvgIpc) is 3.37. The number of methoxy groups -OCH3 is 3. The van der Waals surface area contributed by atoms with Crippen LogP contribution in [0.1, 0.15) is 27.8 Å². The predicted molar refractivity (Wildman–Crippen MR) is 130 cm³/mol. The quantitative estimate of drug-likeness (QED) is 0.337. The van der Waals surface area contributed by atoms with Crippen LogP contribution in [0, 0.1) is 0 Å². The van der Waals surface area contributed by atoms with Gasteiger partial charge in [-0.3, -0.25) is 9.78 Å². The van der Waals surface area contributed by atoms with Gasteiger partial charge in [0.2, 0.25) is 0 Å². The Labute approximate surface area is 202 Å². The second-order valence-corrected chi connectivity index (χ2v) is 7.55. The van der Waals surface area contributed by atoms with Gasteiger partial charge in [0.15, 0.2) is 0 Å². The highest BCUT2D eigenvalue weighted by Gasteiger charge is 2.21. The van der Waals surface area contributed by atoms with Crippen molar-refractivity contribution in [3.63, 3.8) is 0 Å². The zero-order chi connectivity index (χ0) is 24.6. The standard InChI is InChI=1S/C25H26N6O4/c1-33-19-8-6-17(7-9-19)15-31-16-22(29-30-31)24(28-25(32)18-5-4-12-26-14-18)27-21-11-10-20(34-2)13-23(21)35-3/h4-14,16,24,27H,15H2,1-3H3,(H,28,32). The van der Waals surface area contributed by atoms with E-state index in [0.29, 0.717) is 35.0 Å². The summed E-state index contributed by atoms with van der Waals surface area (Å²) in [6, 6.07) is 16.5. The van der Waals surface area contributed by atoms with E-state index in [0.717, 1.165) is 11.3 Å². The number of amides is 1. The summed E-state index contributed by atoms with van der Waals surface area (Å²) in [5.74, 6) is 1.67. The molecule has 0 bridgehead atoms. The van der Waals surface area contributed by atoms with Gasteiger partial charge in [0, 0.05) is 18.5 Å². The van der Waals surface area contributed by atoms with E-state index in [1.807, 2.05) is 30.3 Å². The Bertz CT molecular complexity index is 1260. The molecule has 2 N–H and O–H groups in total. The molecule has 180 valence electrons. The lowest BCUT2D eigenvalue weighted by molar-refractivity contribution is 0.0940. The van der Waals surface area contributed by atoms with Gasteiger partial charge in [-0.2, -0.15) is 0 Å². The topological polar surface area (TPSA) is 112 Å². The van der Waals surface area contributed by atoms with Crippen LogP contribution < -0.4 is 24.8 Å². The summed E-state index contributed by atoms with van der Waals surface area (Å²) in [7, 11) is 4.78. The number of anilines is 1. The molecule has 0 aliphatic heterocycles. The first-order valence-electron chi connectivity index (χ1n) is 10.8. The highest BCUT2D eigenvalue weighted by molar-refractivity contribution is 5.94. The third-order valence-corrected chi connectivity index (χ3v) is 5.26. The van der Waals surface area contributed by atoms with Crippen molar-refractivity contribution >= 4 is 11.6 Å². The van der Waals surface area contributed by atoms with Gasteiger partial charge in [-0.05, 0) is 42.0 Å². The van der Waals surface area contributed by atoms with Crippen LogP contribution >= 0.6 is 0 Å². The molecule has 4 rings (SSSR count). The van der Waals surface area contributed by atoms with Crippen molar-refractivity contribution in [3.8, 4) is 17.2 Å². The number of aromatic nitrogens is 4. The van der Waals surface area contributed by atoms with E-state index in [9.17, 15) is 4.79 Å². The molecular formula is C25H26N6O4. The van der Waals surface area contributed by atoms with Gasteiger partial charge in [-0.25, -0.2) is 4.68 Å². The Morgan fingerprint density at radius 1 is 1.00 bits per heavy atom. The molecule has 35 heavy (non-hydrogen) atoms. The summed E-state index contributed by atoms with van der Waals surface area (Å²) < 4.78 is 17.7. The lowest BCUT2D eigenvalue weighted by Crippen LogP contribution is -2.34. The van der Waals surface area contributed by atoms with Crippen molar-refractivity contribution < 1.29 is 19.0 Å². The highest BCUT2D eigenvalue weighted by Crippen LogP contribution is 2.31. The Hall–Kier alpha value is -4.60. The Morgan fingerprint density at radius 2 is 1.77 bits per heavy atom. The summed E-state index contributed by atoms with van der Waals surface area (Å²) in [6.45, 7) is 0.506. The number of carbonyl (C=O) groups is 1. The summed E-state index contributed by atoms with van der Waals surface area (Å²) in [6.07, 6.45) is 4.19. The minimum Gasteiger partial charge on any atom is -0.497 e. The third-order valence-electron chi connectivity index (χ3n) is 5.26. The lowest BCUT2D eigenvalue weighted by atomic mass is 10.2. The van der Waals surface area contributed by atoms with E-state index in [-0.39, 0.29) is 5.91 Å². The average molecular weight is 475 g/mol. The van der Waals surface area contributed by atoms with Crippen molar-refractivity contribution in [2.75, 3.05) is 26.6 Å². The van der Waals surface area contributed by atoms with Gasteiger partial charge in [0.1, 0.15) is 29.1 Å². The van der Waals surface area contributed by atoms with E-state index in [4.69, 9.17) is 14.2 Å². The minimum atomic E-state index is -0.699. The molecule has 2 heterocycles. The molecule has 0 saturated carbocycles. The number of nitrogens with zero attached hydrogens (tertiary/aromatic N) is 4. The van der Waals surface area contributed by atoms with E-state index < -0.39 is 6.17 Å². The van der Waals surface area contributed by atoms with Crippen LogP contribution in [0.15, 0.2) is 73.2 Å². The SMILES string of the molecule is COc1ccc(Cn2cc(C(NC(=O)c3cccnc3)Nc3ccc(OC)cc3OC)nn2)cc1. The summed E-state index contributed by atoms with van der Waals surface area (Å²) in [4.78, 5) is 16.9. The van der Waals surface area contributed by atoms with Crippen molar-refractivity contribution in [1.82, 2.24) is 25.3 Å². The van der Waals surface area contributed by atoms with E-state index >= 15 is 0 Å². The van der Waals surface area contributed by atoms with Crippen LogP contribution in [-0.2, 0) is 6.54 Å². The van der Waals surface area contributed by atoms with E-state index in [1.54, 1.807) is 62.7 Å². The van der Waals surface area contributed by atoms with Crippen molar-refractivity contribution in [2.45, 2.75) is 12.7 Å². The van der Waals surface area contributed by atoms with Gasteiger partial charge >= 0.3 is 0 Å². The molecule has 10 heteroatoms. The maximum absolute atomic E-state index is 12.9. The fourth-order valence-corrected chi connectivity index (χ4v) is 3.41. The molecule has 4 aromatic rings. The molecule has 1 unspecified atom stereocenters. The van der Waals surface area contributed by atoms with Gasteiger partial charge in [-0.15, -0.1) is 5.10 Å². The molecule has 1 amide bonds. The zero-order valence-electron chi connectivity index (χ0n) is 19.6. The number of ether oxygens (including phenoxy) is 3. The molecule has 0 aliphatic rings. The number of pyridine rings is 1. The smallest absolute Gasteiger partial charge is 0.254 e. The second-order valence-electron chi connectivity index (χ2n) is 7.55. The highest BCUT2D eigenvalue weighted by atomic mass is 16.5. The Balaban J connectivity index is 1.59. The first kappa shape index (κ1) is 23.6. The largest absolute Gasteiger partial charge is 0.497 e. The minimum absolute atomic E-state index is 0.312. The maximum atomic E-state index is 12.9. The van der Waals surface area contributed by atoms with Crippen LogP contribution in [0.3, 0.4) is 0 Å². The fraction of sp³-hybridized carbons (Fsp3) is 0.200. The van der Waals surface area contributed by atoms with Crippen molar-refractivity contribution in [1.29, 1.82) is 0 Å². The number of hydrogen-bond acceptors (Lipinski definition) is 8. The van der Waals surface area contributed by atoms with Crippen molar-refractivity contribution in [3.05, 3.63) is 90.0 Å². The molecule has 0 aliphatic carbocycles. The second kappa shape index (κ2) is 11.0. The van der Waals surface area contributed by atoms with E-state index in [2.05, 4.69) is 25.9 Å². The van der Waals surface area contributed by atoms with E-state index in [1.165, 1.54) is 6.20 Å². The molecule has 0 radical (unpaired) electrons. The van der Waals surface area contributed by atoms with Crippen molar-refractivity contribution in [2.24, 2.45) is 0 Å². The molecule has 1 atom stereocenters. The number of nitrogens with one attached hydrogen (secondary N) is 2. The first-order chi connectivity index (χ1) is 17.1. The number of rotatable bonds is 10. The number of hydrogen-bond donors (Lipinski definition) is 2. The molecule has 2 aromatic carbocycles. The van der Waals surface area contributed by atoms with Gasteiger partial charge in [0.25, 0.3) is 5.91 Å². The third kappa shape index (κ3) is 5.85. The molecule has 0 fully saturated rings. The summed E-state index contributed by atoms with van der Waals surface area (Å²) >= 11 is 0. The normalized spacial score (nSPS) is 11.4. The first-order valence-corrected chi connectivity index (χ1v) is 10.8. The maximum Gasteiger partial charge on any atom is 0.254 e. The molecule has 2 aromatic heterocycles. The molecule has 10 nitrogen and oxygen atoms in total. The van der Waals surface area contributed by atoms with Gasteiger partial charge in [0.05, 0.1) is 45.3 Å². The Morgan fingerprint density at radius 3 is 2.46 bits per heavy atom.